The van der Waals surface area contributed by atoms with Crippen LogP contribution in [0, 0.1) is 0 Å². The second kappa shape index (κ2) is 8.47. The summed E-state index contributed by atoms with van der Waals surface area (Å²) in [6.07, 6.45) is 5.98. The van der Waals surface area contributed by atoms with Crippen molar-refractivity contribution in [1.29, 1.82) is 0 Å². The van der Waals surface area contributed by atoms with Crippen LogP contribution < -0.4 is 10.6 Å². The lowest BCUT2D eigenvalue weighted by Crippen LogP contribution is -2.53. The Hall–Kier alpha value is -0.810. The summed E-state index contributed by atoms with van der Waals surface area (Å²) < 4.78 is 5.22. The van der Waals surface area contributed by atoms with E-state index in [0.717, 1.165) is 38.6 Å². The summed E-state index contributed by atoms with van der Waals surface area (Å²) in [5.74, 6) is 0. The highest BCUT2D eigenvalue weighted by molar-refractivity contribution is 5.68. The van der Waals surface area contributed by atoms with E-state index in [-0.39, 0.29) is 12.1 Å². The van der Waals surface area contributed by atoms with Gasteiger partial charge in [-0.05, 0) is 53.0 Å². The van der Waals surface area contributed by atoms with Gasteiger partial charge in [-0.15, -0.1) is 0 Å². The Bertz CT molecular complexity index is 283. The molecule has 1 saturated carbocycles. The molecule has 0 unspecified atom stereocenters. The summed E-state index contributed by atoms with van der Waals surface area (Å²) in [7, 11) is 0. The van der Waals surface area contributed by atoms with E-state index >= 15 is 0 Å². The summed E-state index contributed by atoms with van der Waals surface area (Å²) in [5.41, 5.74) is -0.431. The van der Waals surface area contributed by atoms with Crippen LogP contribution in [0.25, 0.3) is 0 Å². The van der Waals surface area contributed by atoms with E-state index < -0.39 is 5.60 Å². The van der Waals surface area contributed by atoms with Crippen LogP contribution in [0.15, 0.2) is 0 Å². The van der Waals surface area contributed by atoms with Crippen molar-refractivity contribution in [2.24, 2.45) is 0 Å². The summed E-state index contributed by atoms with van der Waals surface area (Å²) in [4.78, 5) is 11.6. The molecule has 1 aliphatic rings. The standard InChI is InChI=1S/C15H30N2O3/c1-15(2,3)20-14(19)17-13-10-12(11-13)16-8-6-4-5-7-9-18/h12-13,16,18H,4-11H2,1-3H3,(H,17,19). The van der Waals surface area contributed by atoms with Crippen LogP contribution in [-0.2, 0) is 4.74 Å². The van der Waals surface area contributed by atoms with Crippen LogP contribution in [0.1, 0.15) is 59.3 Å². The zero-order valence-electron chi connectivity index (χ0n) is 13.1. The average molecular weight is 286 g/mol. The number of aliphatic hydroxyl groups is 1. The van der Waals surface area contributed by atoms with Gasteiger partial charge < -0.3 is 20.5 Å². The summed E-state index contributed by atoms with van der Waals surface area (Å²) in [6, 6.07) is 0.768. The zero-order valence-corrected chi connectivity index (χ0v) is 13.1. The maximum absolute atomic E-state index is 11.6. The van der Waals surface area contributed by atoms with Crippen molar-refractivity contribution in [3.63, 3.8) is 0 Å². The van der Waals surface area contributed by atoms with E-state index in [1.54, 1.807) is 0 Å². The monoisotopic (exact) mass is 286 g/mol. The average Bonchev–Trinajstić information content (AvgIpc) is 2.27. The number of aliphatic hydroxyl groups excluding tert-OH is 1. The largest absolute Gasteiger partial charge is 0.444 e. The van der Waals surface area contributed by atoms with Gasteiger partial charge in [-0.3, -0.25) is 0 Å². The third-order valence-electron chi connectivity index (χ3n) is 3.38. The maximum Gasteiger partial charge on any atom is 0.407 e. The molecule has 0 spiro atoms. The van der Waals surface area contributed by atoms with Crippen LogP contribution in [0.2, 0.25) is 0 Å². The fraction of sp³-hybridized carbons (Fsp3) is 0.933. The first kappa shape index (κ1) is 17.2. The van der Waals surface area contributed by atoms with Gasteiger partial charge in [0, 0.05) is 18.7 Å². The van der Waals surface area contributed by atoms with Crippen molar-refractivity contribution >= 4 is 6.09 Å². The Kier molecular flexibility index (Phi) is 7.30. The van der Waals surface area contributed by atoms with E-state index in [1.807, 2.05) is 20.8 Å². The van der Waals surface area contributed by atoms with E-state index in [2.05, 4.69) is 10.6 Å². The first-order valence-electron chi connectivity index (χ1n) is 7.74. The Morgan fingerprint density at radius 1 is 1.15 bits per heavy atom. The number of ether oxygens (including phenoxy) is 1. The second-order valence-corrected chi connectivity index (χ2v) is 6.60. The van der Waals surface area contributed by atoms with Gasteiger partial charge in [0.2, 0.25) is 0 Å². The number of rotatable bonds is 8. The normalized spacial score (nSPS) is 22.2. The quantitative estimate of drug-likeness (QED) is 0.598. The molecule has 1 fully saturated rings. The highest BCUT2D eigenvalue weighted by Gasteiger charge is 2.30. The molecular weight excluding hydrogens is 256 g/mol. The first-order valence-corrected chi connectivity index (χ1v) is 7.74. The molecule has 1 rings (SSSR count). The maximum atomic E-state index is 11.6. The van der Waals surface area contributed by atoms with Gasteiger partial charge in [0.15, 0.2) is 0 Å². The Balaban J connectivity index is 1.96. The summed E-state index contributed by atoms with van der Waals surface area (Å²) in [5, 5.41) is 15.1. The number of hydrogen-bond donors (Lipinski definition) is 3. The minimum atomic E-state index is -0.431. The zero-order chi connectivity index (χ0) is 15.0. The number of carbonyl (C=O) groups is 1. The molecule has 0 heterocycles. The fourth-order valence-electron chi connectivity index (χ4n) is 2.27. The van der Waals surface area contributed by atoms with Crippen molar-refractivity contribution < 1.29 is 14.6 Å². The highest BCUT2D eigenvalue weighted by atomic mass is 16.6. The lowest BCUT2D eigenvalue weighted by atomic mass is 9.87. The number of hydrogen-bond acceptors (Lipinski definition) is 4. The molecule has 0 aromatic carbocycles. The minimum Gasteiger partial charge on any atom is -0.444 e. The van der Waals surface area contributed by atoms with Crippen molar-refractivity contribution in [3.8, 4) is 0 Å². The van der Waals surface area contributed by atoms with Gasteiger partial charge in [0.25, 0.3) is 0 Å². The molecule has 1 aliphatic carbocycles. The SMILES string of the molecule is CC(C)(C)OC(=O)NC1CC(NCCCCCCO)C1. The van der Waals surface area contributed by atoms with Crippen molar-refractivity contribution in [2.75, 3.05) is 13.2 Å². The molecule has 118 valence electrons. The summed E-state index contributed by atoms with van der Waals surface area (Å²) in [6.45, 7) is 6.93. The number of alkyl carbamates (subject to hydrolysis) is 1. The molecule has 0 aliphatic heterocycles. The minimum absolute atomic E-state index is 0.247. The molecule has 0 bridgehead atoms. The molecular formula is C15H30N2O3. The lowest BCUT2D eigenvalue weighted by Gasteiger charge is -2.36. The van der Waals surface area contributed by atoms with Gasteiger partial charge in [0.05, 0.1) is 0 Å². The van der Waals surface area contributed by atoms with Crippen molar-refractivity contribution in [1.82, 2.24) is 10.6 Å². The fourth-order valence-corrected chi connectivity index (χ4v) is 2.27. The molecule has 0 aromatic heterocycles. The van der Waals surface area contributed by atoms with E-state index in [9.17, 15) is 4.79 Å². The predicted octanol–water partition coefficient (Wildman–Crippen LogP) is 2.18. The van der Waals surface area contributed by atoms with Gasteiger partial charge >= 0.3 is 6.09 Å². The van der Waals surface area contributed by atoms with Crippen molar-refractivity contribution in [3.05, 3.63) is 0 Å². The third-order valence-corrected chi connectivity index (χ3v) is 3.38. The Labute approximate surface area is 122 Å². The van der Waals surface area contributed by atoms with Gasteiger partial charge in [-0.25, -0.2) is 4.79 Å². The number of nitrogens with one attached hydrogen (secondary N) is 2. The molecule has 20 heavy (non-hydrogen) atoms. The third kappa shape index (κ3) is 7.70. The van der Waals surface area contributed by atoms with Gasteiger partial charge in [-0.2, -0.15) is 0 Å². The molecule has 5 heteroatoms. The van der Waals surface area contributed by atoms with Crippen LogP contribution in [0.3, 0.4) is 0 Å². The van der Waals surface area contributed by atoms with Gasteiger partial charge in [-0.1, -0.05) is 12.8 Å². The van der Waals surface area contributed by atoms with Gasteiger partial charge in [0.1, 0.15) is 5.60 Å². The van der Waals surface area contributed by atoms with Crippen LogP contribution in [-0.4, -0.2) is 42.0 Å². The molecule has 0 saturated heterocycles. The molecule has 0 atom stereocenters. The Morgan fingerprint density at radius 3 is 2.40 bits per heavy atom. The Morgan fingerprint density at radius 2 is 1.80 bits per heavy atom. The molecule has 3 N–H and O–H groups in total. The smallest absolute Gasteiger partial charge is 0.407 e. The first-order chi connectivity index (χ1) is 9.40. The molecule has 5 nitrogen and oxygen atoms in total. The lowest BCUT2D eigenvalue weighted by molar-refractivity contribution is 0.0465. The van der Waals surface area contributed by atoms with E-state index in [4.69, 9.17) is 9.84 Å². The van der Waals surface area contributed by atoms with Crippen molar-refractivity contribution in [2.45, 2.75) is 77.0 Å². The second-order valence-electron chi connectivity index (χ2n) is 6.60. The predicted molar refractivity (Wildman–Crippen MR) is 79.7 cm³/mol. The van der Waals surface area contributed by atoms with Crippen LogP contribution in [0.5, 0.6) is 0 Å². The molecule has 1 amide bonds. The molecule has 0 aromatic rings. The van der Waals surface area contributed by atoms with Crippen LogP contribution >= 0.6 is 0 Å². The van der Waals surface area contributed by atoms with Crippen LogP contribution in [0.4, 0.5) is 4.79 Å². The number of carbonyl (C=O) groups excluding carboxylic acids is 1. The summed E-state index contributed by atoms with van der Waals surface area (Å²) >= 11 is 0. The topological polar surface area (TPSA) is 70.6 Å². The molecule has 0 radical (unpaired) electrons. The number of unbranched alkanes of at least 4 members (excludes halogenated alkanes) is 3. The van der Waals surface area contributed by atoms with E-state index in [1.165, 1.54) is 6.42 Å². The number of amides is 1. The highest BCUT2D eigenvalue weighted by Crippen LogP contribution is 2.20. The van der Waals surface area contributed by atoms with E-state index in [0.29, 0.717) is 12.6 Å².